The second-order valence-electron chi connectivity index (χ2n) is 9.53. The number of hydrogen-bond donors (Lipinski definition) is 2. The summed E-state index contributed by atoms with van der Waals surface area (Å²) in [6.07, 6.45) is -1.19. The van der Waals surface area contributed by atoms with E-state index < -0.39 is 23.9 Å². The summed E-state index contributed by atoms with van der Waals surface area (Å²) in [5.41, 5.74) is 6.67. The average Bonchev–Trinajstić information content (AvgIpc) is 3.68. The van der Waals surface area contributed by atoms with Crippen LogP contribution in [0.4, 0.5) is 14.5 Å². The number of primary amides is 1. The number of furan rings is 1. The van der Waals surface area contributed by atoms with Crippen LogP contribution < -0.4 is 15.8 Å². The van der Waals surface area contributed by atoms with Crippen LogP contribution in [0.2, 0.25) is 0 Å². The van der Waals surface area contributed by atoms with Gasteiger partial charge in [-0.3, -0.25) is 14.3 Å². The number of nitrogens with zero attached hydrogens (tertiary/aromatic N) is 3. The Kier molecular flexibility index (Phi) is 6.91. The van der Waals surface area contributed by atoms with Gasteiger partial charge in [0.15, 0.2) is 5.76 Å². The van der Waals surface area contributed by atoms with Crippen molar-refractivity contribution in [1.29, 1.82) is 0 Å². The predicted octanol–water partition coefficient (Wildman–Crippen LogP) is 6.62. The third kappa shape index (κ3) is 4.96. The fourth-order valence-corrected chi connectivity index (χ4v) is 5.84. The molecule has 12 heteroatoms. The molecule has 0 aliphatic carbocycles. The van der Waals surface area contributed by atoms with Gasteiger partial charge < -0.3 is 20.2 Å². The van der Waals surface area contributed by atoms with E-state index in [4.69, 9.17) is 14.9 Å². The zero-order chi connectivity index (χ0) is 29.5. The summed E-state index contributed by atoms with van der Waals surface area (Å²) in [6.45, 7) is 1.80. The maximum Gasteiger partial charge on any atom is 0.291 e. The second kappa shape index (κ2) is 10.7. The summed E-state index contributed by atoms with van der Waals surface area (Å²) in [6, 6.07) is 17.8. The molecule has 0 radical (unpaired) electrons. The first-order chi connectivity index (χ1) is 20.2. The number of halogens is 2. The minimum absolute atomic E-state index is 0.0360. The molecular formula is C30H23F2N5O4S. The number of alkyl halides is 2. The standard InChI is InChI=1S/C30H23F2N5O4S/c1-15-20(13-37(2)36-15)19-12-21(27(31)32)34-30-24(19)25(26(42-30)28(33)38)35-29(39)23-11-10-17(41-23)14-40-22-9-5-7-16-6-3-4-8-18(16)22/h3-13,27H,14H2,1-2H3,(H2,33,38)(H,35,39). The Bertz CT molecular complexity index is 1990. The molecule has 2 aromatic carbocycles. The maximum atomic E-state index is 13.8. The number of carbonyl (C=O) groups is 2. The van der Waals surface area contributed by atoms with Gasteiger partial charge in [0.2, 0.25) is 0 Å². The van der Waals surface area contributed by atoms with Crippen LogP contribution >= 0.6 is 11.3 Å². The lowest BCUT2D eigenvalue weighted by molar-refractivity contribution is 0.0992. The van der Waals surface area contributed by atoms with Crippen molar-refractivity contribution in [3.05, 3.63) is 94.6 Å². The highest BCUT2D eigenvalue weighted by atomic mass is 32.1. The van der Waals surface area contributed by atoms with Crippen LogP contribution in [0.25, 0.3) is 32.1 Å². The molecule has 42 heavy (non-hydrogen) atoms. The minimum atomic E-state index is -2.86. The van der Waals surface area contributed by atoms with Crippen molar-refractivity contribution in [2.45, 2.75) is 20.0 Å². The molecule has 0 unspecified atom stereocenters. The molecule has 0 spiro atoms. The summed E-state index contributed by atoms with van der Waals surface area (Å²) >= 11 is 0.823. The summed E-state index contributed by atoms with van der Waals surface area (Å²) in [7, 11) is 1.70. The molecule has 6 rings (SSSR count). The highest BCUT2D eigenvalue weighted by molar-refractivity contribution is 7.21. The monoisotopic (exact) mass is 587 g/mol. The summed E-state index contributed by atoms with van der Waals surface area (Å²) in [5, 5.41) is 9.29. The third-order valence-electron chi connectivity index (χ3n) is 6.68. The number of hydrogen-bond acceptors (Lipinski definition) is 7. The van der Waals surface area contributed by atoms with Crippen LogP contribution in [0.15, 0.2) is 71.3 Å². The number of nitrogens with two attached hydrogens (primary N) is 1. The molecule has 2 amide bonds. The average molecular weight is 588 g/mol. The number of benzene rings is 2. The molecule has 212 valence electrons. The quantitative estimate of drug-likeness (QED) is 0.206. The van der Waals surface area contributed by atoms with Gasteiger partial charge >= 0.3 is 0 Å². The van der Waals surface area contributed by atoms with E-state index in [2.05, 4.69) is 15.4 Å². The number of aryl methyl sites for hydroxylation is 2. The van der Waals surface area contributed by atoms with Crippen molar-refractivity contribution in [1.82, 2.24) is 14.8 Å². The molecule has 6 aromatic rings. The first-order valence-electron chi connectivity index (χ1n) is 12.8. The van der Waals surface area contributed by atoms with Crippen LogP contribution in [0.1, 0.15) is 43.8 Å². The molecule has 4 heterocycles. The Morgan fingerprint density at radius 2 is 1.90 bits per heavy atom. The van der Waals surface area contributed by atoms with Crippen LogP contribution in [0.5, 0.6) is 5.75 Å². The lowest BCUT2D eigenvalue weighted by Crippen LogP contribution is -2.16. The summed E-state index contributed by atoms with van der Waals surface area (Å²) in [5.74, 6) is -0.490. The Balaban J connectivity index is 1.33. The van der Waals surface area contributed by atoms with Crippen molar-refractivity contribution in [2.75, 3.05) is 5.32 Å². The van der Waals surface area contributed by atoms with Crippen molar-refractivity contribution in [3.63, 3.8) is 0 Å². The fraction of sp³-hybridized carbons (Fsp3) is 0.133. The van der Waals surface area contributed by atoms with Gasteiger partial charge in [0.1, 0.15) is 33.5 Å². The Morgan fingerprint density at radius 3 is 2.64 bits per heavy atom. The maximum absolute atomic E-state index is 13.8. The lowest BCUT2D eigenvalue weighted by atomic mass is 10.0. The molecular weight excluding hydrogens is 564 g/mol. The van der Waals surface area contributed by atoms with E-state index in [9.17, 15) is 18.4 Å². The number of fused-ring (bicyclic) bond motifs is 2. The van der Waals surface area contributed by atoms with E-state index >= 15 is 0 Å². The van der Waals surface area contributed by atoms with E-state index in [1.807, 2.05) is 42.5 Å². The van der Waals surface area contributed by atoms with E-state index in [-0.39, 0.29) is 27.8 Å². The molecule has 9 nitrogen and oxygen atoms in total. The predicted molar refractivity (Wildman–Crippen MR) is 155 cm³/mol. The molecule has 0 fully saturated rings. The summed E-state index contributed by atoms with van der Waals surface area (Å²) in [4.78, 5) is 29.9. The first kappa shape index (κ1) is 27.1. The van der Waals surface area contributed by atoms with Crippen LogP contribution in [0, 0.1) is 6.92 Å². The smallest absolute Gasteiger partial charge is 0.291 e. The molecule has 0 aliphatic rings. The number of rotatable bonds is 8. The molecule has 3 N–H and O–H groups in total. The van der Waals surface area contributed by atoms with Gasteiger partial charge in [0.05, 0.1) is 11.4 Å². The summed E-state index contributed by atoms with van der Waals surface area (Å²) < 4.78 is 40.8. The number of nitrogens with one attached hydrogen (secondary N) is 1. The number of aromatic nitrogens is 3. The second-order valence-corrected chi connectivity index (χ2v) is 10.5. The van der Waals surface area contributed by atoms with Crippen molar-refractivity contribution >= 4 is 49.8 Å². The lowest BCUT2D eigenvalue weighted by Gasteiger charge is -2.10. The van der Waals surface area contributed by atoms with Crippen molar-refractivity contribution < 1.29 is 27.5 Å². The minimum Gasteiger partial charge on any atom is -0.485 e. The van der Waals surface area contributed by atoms with E-state index in [0.717, 1.165) is 22.1 Å². The van der Waals surface area contributed by atoms with E-state index in [1.54, 1.807) is 30.9 Å². The number of ether oxygens (including phenoxy) is 1. The molecule has 0 saturated heterocycles. The number of anilines is 1. The fourth-order valence-electron chi connectivity index (χ4n) is 4.82. The van der Waals surface area contributed by atoms with Crippen LogP contribution in [-0.2, 0) is 13.7 Å². The van der Waals surface area contributed by atoms with E-state index in [0.29, 0.717) is 33.7 Å². The van der Waals surface area contributed by atoms with Crippen LogP contribution in [0.3, 0.4) is 0 Å². The van der Waals surface area contributed by atoms with Gasteiger partial charge in [0.25, 0.3) is 18.2 Å². The normalized spacial score (nSPS) is 11.5. The Morgan fingerprint density at radius 1 is 1.12 bits per heavy atom. The third-order valence-corrected chi connectivity index (χ3v) is 7.77. The molecule has 0 bridgehead atoms. The highest BCUT2D eigenvalue weighted by Crippen LogP contribution is 2.43. The van der Waals surface area contributed by atoms with Crippen molar-refractivity contribution in [2.24, 2.45) is 12.8 Å². The largest absolute Gasteiger partial charge is 0.485 e. The SMILES string of the molecule is Cc1nn(C)cc1-c1cc(C(F)F)nc2sc(C(N)=O)c(NC(=O)c3ccc(COc4cccc5ccccc45)o3)c12. The zero-order valence-corrected chi connectivity index (χ0v) is 23.2. The topological polar surface area (TPSA) is 125 Å². The van der Waals surface area contributed by atoms with E-state index in [1.165, 1.54) is 12.1 Å². The highest BCUT2D eigenvalue weighted by Gasteiger charge is 2.27. The van der Waals surface area contributed by atoms with Gasteiger partial charge in [-0.15, -0.1) is 11.3 Å². The zero-order valence-electron chi connectivity index (χ0n) is 22.4. The van der Waals surface area contributed by atoms with Gasteiger partial charge in [0, 0.05) is 29.6 Å². The van der Waals surface area contributed by atoms with Crippen LogP contribution in [-0.4, -0.2) is 26.6 Å². The van der Waals surface area contributed by atoms with Gasteiger partial charge in [-0.25, -0.2) is 13.8 Å². The molecule has 0 atom stereocenters. The Hall–Kier alpha value is -5.10. The van der Waals surface area contributed by atoms with Gasteiger partial charge in [-0.05, 0) is 42.1 Å². The number of thiophene rings is 1. The number of pyridine rings is 1. The number of amides is 2. The molecule has 0 aliphatic heterocycles. The Labute approximate surface area is 241 Å². The van der Waals surface area contributed by atoms with Gasteiger partial charge in [-0.1, -0.05) is 36.4 Å². The molecule has 4 aromatic heterocycles. The molecule has 0 saturated carbocycles. The van der Waals surface area contributed by atoms with Crippen molar-refractivity contribution in [3.8, 4) is 16.9 Å². The first-order valence-corrected chi connectivity index (χ1v) is 13.6. The number of carbonyl (C=O) groups excluding carboxylic acids is 2. The van der Waals surface area contributed by atoms with Gasteiger partial charge in [-0.2, -0.15) is 5.10 Å².